The van der Waals surface area contributed by atoms with Crippen LogP contribution in [0.2, 0.25) is 18.1 Å². The van der Waals surface area contributed by atoms with Crippen molar-refractivity contribution in [2.45, 2.75) is 109 Å². The molecular weight excluding hydrogens is 657 g/mol. The van der Waals surface area contributed by atoms with Crippen LogP contribution in [0.3, 0.4) is 0 Å². The molecule has 0 spiro atoms. The highest BCUT2D eigenvalue weighted by Crippen LogP contribution is 2.37. The number of hydrogen-bond acceptors (Lipinski definition) is 9. The average Bonchev–Trinajstić information content (AvgIpc) is 3.05. The molecule has 50 heavy (non-hydrogen) atoms. The monoisotopic (exact) mass is 712 g/mol. The summed E-state index contributed by atoms with van der Waals surface area (Å²) >= 11 is 0. The van der Waals surface area contributed by atoms with Gasteiger partial charge in [0, 0.05) is 32.5 Å². The molecule has 3 heterocycles. The molecule has 1 aromatic carbocycles. The summed E-state index contributed by atoms with van der Waals surface area (Å²) in [5, 5.41) is 2.63. The van der Waals surface area contributed by atoms with Crippen LogP contribution in [0.1, 0.15) is 66.4 Å². The van der Waals surface area contributed by atoms with E-state index in [-0.39, 0.29) is 23.0 Å². The van der Waals surface area contributed by atoms with E-state index in [1.54, 1.807) is 49.8 Å². The minimum absolute atomic E-state index is 0.0401. The summed E-state index contributed by atoms with van der Waals surface area (Å²) in [4.78, 5) is 46.5. The largest absolute Gasteiger partial charge is 0.444 e. The third kappa shape index (κ3) is 11.0. The highest BCUT2D eigenvalue weighted by Gasteiger charge is 2.43. The number of carbonyl (C=O) groups excluding carboxylic acids is 3. The van der Waals surface area contributed by atoms with E-state index < -0.39 is 38.3 Å². The molecule has 0 aliphatic carbocycles. The smallest absolute Gasteiger partial charge is 0.413 e. The molecule has 2 aliphatic rings. The molecule has 13 heteroatoms. The Hall–Kier alpha value is -3.52. The third-order valence-electron chi connectivity index (χ3n) is 9.62. The number of likely N-dealkylation sites (tertiary alicyclic amines) is 1. The number of nitrogens with one attached hydrogen (secondary N) is 1. The van der Waals surface area contributed by atoms with Gasteiger partial charge in [0.1, 0.15) is 29.7 Å². The zero-order chi connectivity index (χ0) is 36.7. The lowest BCUT2D eigenvalue weighted by Gasteiger charge is -2.42. The molecule has 276 valence electrons. The van der Waals surface area contributed by atoms with Gasteiger partial charge in [0.15, 0.2) is 8.32 Å². The fourth-order valence-corrected chi connectivity index (χ4v) is 6.59. The Labute approximate surface area is 298 Å². The van der Waals surface area contributed by atoms with Gasteiger partial charge in [-0.2, -0.15) is 0 Å². The van der Waals surface area contributed by atoms with Gasteiger partial charge in [-0.25, -0.2) is 14.6 Å². The number of ether oxygens (including phenoxy) is 4. The van der Waals surface area contributed by atoms with E-state index in [0.717, 1.165) is 5.56 Å². The Kier molecular flexibility index (Phi) is 13.1. The number of rotatable bonds is 10. The van der Waals surface area contributed by atoms with Crippen LogP contribution >= 0.6 is 0 Å². The lowest BCUT2D eigenvalue weighted by atomic mass is 9.95. The zero-order valence-electron chi connectivity index (χ0n) is 31.2. The second kappa shape index (κ2) is 16.7. The maximum Gasteiger partial charge on any atom is 0.413 e. The predicted octanol–water partition coefficient (Wildman–Crippen LogP) is 7.00. The van der Waals surface area contributed by atoms with E-state index in [4.69, 9.17) is 23.4 Å². The van der Waals surface area contributed by atoms with Crippen molar-refractivity contribution in [3.05, 3.63) is 54.2 Å². The number of pyridine rings is 1. The van der Waals surface area contributed by atoms with Crippen LogP contribution in [-0.4, -0.2) is 93.6 Å². The second-order valence-corrected chi connectivity index (χ2v) is 20.4. The van der Waals surface area contributed by atoms with Gasteiger partial charge >= 0.3 is 12.2 Å². The number of piperidine rings is 1. The molecule has 2 aromatic rings. The Morgan fingerprint density at radius 2 is 1.68 bits per heavy atom. The normalized spacial score (nSPS) is 20.6. The third-order valence-corrected chi connectivity index (χ3v) is 14.1. The van der Waals surface area contributed by atoms with E-state index >= 15 is 0 Å². The van der Waals surface area contributed by atoms with E-state index in [1.807, 2.05) is 30.3 Å². The number of hydrogen-bond donors (Lipinski definition) is 1. The highest BCUT2D eigenvalue weighted by molar-refractivity contribution is 6.74. The number of carbonyl (C=O) groups is 3. The number of amides is 3. The van der Waals surface area contributed by atoms with Crippen molar-refractivity contribution < 1.29 is 37.8 Å². The molecule has 1 aromatic heterocycles. The van der Waals surface area contributed by atoms with Crippen molar-refractivity contribution in [3.8, 4) is 0 Å². The minimum Gasteiger partial charge on any atom is -0.444 e. The maximum absolute atomic E-state index is 13.5. The van der Waals surface area contributed by atoms with Gasteiger partial charge in [0.25, 0.3) is 0 Å². The molecule has 0 bridgehead atoms. The molecule has 0 saturated carbocycles. The minimum atomic E-state index is -2.05. The van der Waals surface area contributed by atoms with Crippen LogP contribution in [0.15, 0.2) is 48.7 Å². The standard InChI is InChI=1S/C37H56N4O8Si/c1-36(2,3)49-34(43)39-31-16-15-28(23-38-31)40(7)33(42)27-17-20-41(21-18-27)35(44)48-29-19-22-45-30(25-47-50(8,9)37(4,5)6)32(29)46-24-26-13-11-10-12-14-26/h10-16,23,27,29-30,32H,17-22,24-25H2,1-9H3,(H,38,39,43)/t29-,30-,32+/m1/s1. The summed E-state index contributed by atoms with van der Waals surface area (Å²) < 4.78 is 30.5. The molecule has 1 N–H and O–H groups in total. The first-order valence-corrected chi connectivity index (χ1v) is 20.4. The predicted molar refractivity (Wildman–Crippen MR) is 195 cm³/mol. The molecule has 3 atom stereocenters. The average molecular weight is 713 g/mol. The van der Waals surface area contributed by atoms with Crippen molar-refractivity contribution in [1.29, 1.82) is 0 Å². The Morgan fingerprint density at radius 3 is 2.28 bits per heavy atom. The van der Waals surface area contributed by atoms with Crippen LogP contribution in [-0.2, 0) is 34.8 Å². The van der Waals surface area contributed by atoms with Crippen molar-refractivity contribution in [2.24, 2.45) is 5.92 Å². The van der Waals surface area contributed by atoms with Gasteiger partial charge in [-0.1, -0.05) is 51.1 Å². The van der Waals surface area contributed by atoms with E-state index in [2.05, 4.69) is 44.2 Å². The SMILES string of the molecule is CN(C(=O)C1CCN(C(=O)O[C@@H]2CCO[C@H](CO[Si](C)(C)C(C)(C)C)[C@H]2OCc2ccccc2)CC1)c1ccc(NC(=O)OC(C)(C)C)nc1. The number of benzene rings is 1. The van der Waals surface area contributed by atoms with Crippen molar-refractivity contribution in [3.63, 3.8) is 0 Å². The van der Waals surface area contributed by atoms with Gasteiger partial charge in [-0.05, 0) is 69.4 Å². The van der Waals surface area contributed by atoms with Gasteiger partial charge in [-0.3, -0.25) is 10.1 Å². The second-order valence-electron chi connectivity index (χ2n) is 15.6. The molecule has 2 fully saturated rings. The molecule has 3 amide bonds. The number of nitrogens with zero attached hydrogens (tertiary/aromatic N) is 3. The maximum atomic E-state index is 13.5. The van der Waals surface area contributed by atoms with Crippen LogP contribution in [0.4, 0.5) is 21.1 Å². The lowest BCUT2D eigenvalue weighted by molar-refractivity contribution is -0.176. The van der Waals surface area contributed by atoms with Crippen LogP contribution < -0.4 is 10.2 Å². The van der Waals surface area contributed by atoms with Crippen LogP contribution in [0.5, 0.6) is 0 Å². The molecule has 0 radical (unpaired) electrons. The molecule has 4 rings (SSSR count). The van der Waals surface area contributed by atoms with Gasteiger partial charge in [0.2, 0.25) is 5.91 Å². The first kappa shape index (κ1) is 39.3. The Bertz CT molecular complexity index is 1420. The Balaban J connectivity index is 1.32. The summed E-state index contributed by atoms with van der Waals surface area (Å²) in [6.07, 6.45) is 0.677. The topological polar surface area (TPSA) is 129 Å². The van der Waals surface area contributed by atoms with Gasteiger partial charge in [0.05, 0.1) is 31.7 Å². The molecule has 2 aliphatic heterocycles. The summed E-state index contributed by atoms with van der Waals surface area (Å²) in [5.74, 6) is 0.00362. The van der Waals surface area contributed by atoms with Crippen molar-refractivity contribution >= 4 is 37.9 Å². The number of aromatic nitrogens is 1. The van der Waals surface area contributed by atoms with Crippen LogP contribution in [0, 0.1) is 5.92 Å². The lowest BCUT2D eigenvalue weighted by Crippen LogP contribution is -2.53. The van der Waals surface area contributed by atoms with Gasteiger partial charge < -0.3 is 33.2 Å². The van der Waals surface area contributed by atoms with Crippen LogP contribution in [0.25, 0.3) is 0 Å². The molecular formula is C37H56N4O8Si. The summed E-state index contributed by atoms with van der Waals surface area (Å²) in [7, 11) is -0.352. The van der Waals surface area contributed by atoms with E-state index in [1.165, 1.54) is 6.20 Å². The zero-order valence-corrected chi connectivity index (χ0v) is 32.2. The Morgan fingerprint density at radius 1 is 1.00 bits per heavy atom. The van der Waals surface area contributed by atoms with Crippen molar-refractivity contribution in [2.75, 3.05) is 43.6 Å². The fourth-order valence-electron chi connectivity index (χ4n) is 5.57. The van der Waals surface area contributed by atoms with E-state index in [9.17, 15) is 14.4 Å². The number of anilines is 2. The summed E-state index contributed by atoms with van der Waals surface area (Å²) in [6, 6.07) is 13.3. The van der Waals surface area contributed by atoms with E-state index in [0.29, 0.717) is 63.7 Å². The first-order valence-electron chi connectivity index (χ1n) is 17.5. The van der Waals surface area contributed by atoms with Crippen molar-refractivity contribution in [1.82, 2.24) is 9.88 Å². The quantitative estimate of drug-likeness (QED) is 0.259. The molecule has 0 unspecified atom stereocenters. The fraction of sp³-hybridized carbons (Fsp3) is 0.622. The highest BCUT2D eigenvalue weighted by atomic mass is 28.4. The molecule has 12 nitrogen and oxygen atoms in total. The van der Waals surface area contributed by atoms with Gasteiger partial charge in [-0.15, -0.1) is 0 Å². The first-order chi connectivity index (χ1) is 23.4. The summed E-state index contributed by atoms with van der Waals surface area (Å²) in [6.45, 7) is 18.3. The summed E-state index contributed by atoms with van der Waals surface area (Å²) in [5.41, 5.74) is 0.990. The molecule has 2 saturated heterocycles.